The molecule has 12 aromatic rings. The van der Waals surface area contributed by atoms with E-state index in [1.807, 2.05) is 6.07 Å². The van der Waals surface area contributed by atoms with Crippen LogP contribution >= 0.6 is 0 Å². The molecule has 0 saturated heterocycles. The average Bonchev–Trinajstić information content (AvgIpc) is 4.00. The highest BCUT2D eigenvalue weighted by molar-refractivity contribution is 6.11. The van der Waals surface area contributed by atoms with E-state index in [2.05, 4.69) is 248 Å². The van der Waals surface area contributed by atoms with Crippen molar-refractivity contribution in [3.8, 4) is 50.2 Å². The number of nitrogens with zero attached hydrogens (tertiary/aromatic N) is 2. The molecule has 3 nitrogen and oxygen atoms in total. The van der Waals surface area contributed by atoms with Crippen molar-refractivity contribution in [2.45, 2.75) is 19.3 Å². The number of anilines is 3. The third-order valence-corrected chi connectivity index (χ3v) is 14.0. The molecule has 0 atom stereocenters. The standard InChI is InChI=1S/C63H44N2O/c1-63(2)55-26-8-3-19-49(55)53-24-14-23-48(61(53)63)42-34-38-46(39-35-42)64(59-30-15-25-54-52-22-7-12-31-60(52)66-62(54)59)45-36-32-41(33-37-45)43-16-13-17-44(40-43)47-18-4-9-27-56(47)65-57-28-10-5-20-50(57)51-21-6-11-29-58(51)65/h3-40H,1-2H3. The van der Waals surface area contributed by atoms with Gasteiger partial charge in [0.05, 0.1) is 22.4 Å². The van der Waals surface area contributed by atoms with Crippen LogP contribution in [0.25, 0.3) is 93.9 Å². The van der Waals surface area contributed by atoms with Gasteiger partial charge in [-0.25, -0.2) is 0 Å². The summed E-state index contributed by atoms with van der Waals surface area (Å²) in [5, 5.41) is 4.73. The second-order valence-corrected chi connectivity index (χ2v) is 18.0. The zero-order chi connectivity index (χ0) is 43.9. The number of hydrogen-bond acceptors (Lipinski definition) is 2. The van der Waals surface area contributed by atoms with Gasteiger partial charge in [-0.2, -0.15) is 0 Å². The van der Waals surface area contributed by atoms with Gasteiger partial charge in [0.25, 0.3) is 0 Å². The molecule has 1 aliphatic rings. The third-order valence-electron chi connectivity index (χ3n) is 14.0. The molecule has 3 heteroatoms. The van der Waals surface area contributed by atoms with Crippen molar-refractivity contribution < 1.29 is 4.42 Å². The maximum atomic E-state index is 6.69. The van der Waals surface area contributed by atoms with Gasteiger partial charge in [-0.05, 0) is 111 Å². The lowest BCUT2D eigenvalue weighted by molar-refractivity contribution is 0.662. The van der Waals surface area contributed by atoms with Crippen molar-refractivity contribution in [1.29, 1.82) is 0 Å². The third kappa shape index (κ3) is 5.83. The van der Waals surface area contributed by atoms with Crippen LogP contribution < -0.4 is 4.90 Å². The molecule has 0 N–H and O–H groups in total. The zero-order valence-corrected chi connectivity index (χ0v) is 36.7. The fourth-order valence-corrected chi connectivity index (χ4v) is 11.0. The molecule has 0 unspecified atom stereocenters. The Hall–Kier alpha value is -8.40. The zero-order valence-electron chi connectivity index (χ0n) is 36.7. The number of para-hydroxylation sites is 5. The van der Waals surface area contributed by atoms with Gasteiger partial charge in [0.15, 0.2) is 5.58 Å². The van der Waals surface area contributed by atoms with E-state index >= 15 is 0 Å². The smallest absolute Gasteiger partial charge is 0.159 e. The molecule has 1 aliphatic carbocycles. The molecule has 0 spiro atoms. The molecule has 0 amide bonds. The Morgan fingerprint density at radius 3 is 1.70 bits per heavy atom. The average molecular weight is 845 g/mol. The first-order valence-electron chi connectivity index (χ1n) is 22.8. The van der Waals surface area contributed by atoms with E-state index in [1.165, 1.54) is 66.3 Å². The Morgan fingerprint density at radius 1 is 0.394 bits per heavy atom. The van der Waals surface area contributed by atoms with E-state index in [9.17, 15) is 0 Å². The van der Waals surface area contributed by atoms with E-state index in [0.717, 1.165) is 55.8 Å². The molecule has 2 heterocycles. The number of hydrogen-bond donors (Lipinski definition) is 0. The summed E-state index contributed by atoms with van der Waals surface area (Å²) in [6.45, 7) is 4.72. The van der Waals surface area contributed by atoms with Crippen molar-refractivity contribution >= 4 is 60.8 Å². The summed E-state index contributed by atoms with van der Waals surface area (Å²) in [6.07, 6.45) is 0. The van der Waals surface area contributed by atoms with Crippen molar-refractivity contribution in [2.24, 2.45) is 0 Å². The van der Waals surface area contributed by atoms with Gasteiger partial charge < -0.3 is 13.9 Å². The highest BCUT2D eigenvalue weighted by Crippen LogP contribution is 2.52. The lowest BCUT2D eigenvalue weighted by atomic mass is 9.79. The van der Waals surface area contributed by atoms with E-state index in [-0.39, 0.29) is 5.41 Å². The fourth-order valence-electron chi connectivity index (χ4n) is 11.0. The number of benzene rings is 10. The lowest BCUT2D eigenvalue weighted by Gasteiger charge is -2.27. The van der Waals surface area contributed by atoms with Crippen molar-refractivity contribution in [3.05, 3.63) is 242 Å². The summed E-state index contributed by atoms with van der Waals surface area (Å²) in [5.41, 5.74) is 20.9. The minimum Gasteiger partial charge on any atom is -0.454 e. The summed E-state index contributed by atoms with van der Waals surface area (Å²) in [5.74, 6) is 0. The van der Waals surface area contributed by atoms with Crippen LogP contribution in [-0.4, -0.2) is 4.57 Å². The molecule has 0 fully saturated rings. The Kier molecular flexibility index (Phi) is 8.56. The van der Waals surface area contributed by atoms with Crippen LogP contribution in [0.4, 0.5) is 17.1 Å². The first-order chi connectivity index (χ1) is 32.5. The molecule has 0 radical (unpaired) electrons. The second-order valence-electron chi connectivity index (χ2n) is 18.0. The first-order valence-corrected chi connectivity index (χ1v) is 22.8. The Balaban J connectivity index is 0.903. The van der Waals surface area contributed by atoms with E-state index < -0.39 is 0 Å². The minimum absolute atomic E-state index is 0.110. The first kappa shape index (κ1) is 38.1. The number of fused-ring (bicyclic) bond motifs is 9. The molecular weight excluding hydrogens is 801 g/mol. The van der Waals surface area contributed by atoms with Crippen LogP contribution in [0.15, 0.2) is 235 Å². The summed E-state index contributed by atoms with van der Waals surface area (Å²) in [7, 11) is 0. The maximum absolute atomic E-state index is 6.69. The van der Waals surface area contributed by atoms with Crippen LogP contribution in [0.1, 0.15) is 25.0 Å². The maximum Gasteiger partial charge on any atom is 0.159 e. The monoisotopic (exact) mass is 844 g/mol. The molecule has 0 aliphatic heterocycles. The van der Waals surface area contributed by atoms with Crippen LogP contribution in [0.3, 0.4) is 0 Å². The SMILES string of the molecule is CC1(C)c2ccccc2-c2cccc(-c3ccc(N(c4ccc(-c5cccc(-c6ccccc6-n6c7ccccc7c7ccccc76)c5)cc4)c4cccc5c4oc4ccccc45)cc3)c21. The summed E-state index contributed by atoms with van der Waals surface area (Å²) < 4.78 is 9.11. The van der Waals surface area contributed by atoms with E-state index in [0.29, 0.717) is 0 Å². The van der Waals surface area contributed by atoms with Crippen molar-refractivity contribution in [1.82, 2.24) is 4.57 Å². The molecule has 0 bridgehead atoms. The lowest BCUT2D eigenvalue weighted by Crippen LogP contribution is -2.16. The van der Waals surface area contributed by atoms with Crippen molar-refractivity contribution in [2.75, 3.05) is 4.90 Å². The van der Waals surface area contributed by atoms with Crippen molar-refractivity contribution in [3.63, 3.8) is 0 Å². The highest BCUT2D eigenvalue weighted by Gasteiger charge is 2.37. The fraction of sp³-hybridized carbons (Fsp3) is 0.0476. The van der Waals surface area contributed by atoms with Crippen LogP contribution in [-0.2, 0) is 5.41 Å². The molecule has 0 saturated carbocycles. The van der Waals surface area contributed by atoms with Gasteiger partial charge in [0.1, 0.15) is 5.58 Å². The predicted molar refractivity (Wildman–Crippen MR) is 277 cm³/mol. The highest BCUT2D eigenvalue weighted by atomic mass is 16.3. The van der Waals surface area contributed by atoms with Crippen LogP contribution in [0.5, 0.6) is 0 Å². The summed E-state index contributed by atoms with van der Waals surface area (Å²) >= 11 is 0. The molecule has 10 aromatic carbocycles. The van der Waals surface area contributed by atoms with Gasteiger partial charge in [0, 0.05) is 43.9 Å². The normalized spacial score (nSPS) is 12.8. The predicted octanol–water partition coefficient (Wildman–Crippen LogP) is 17.5. The van der Waals surface area contributed by atoms with Gasteiger partial charge in [-0.3, -0.25) is 0 Å². The van der Waals surface area contributed by atoms with E-state index in [1.54, 1.807) is 0 Å². The quantitative estimate of drug-likeness (QED) is 0.159. The Bertz CT molecular complexity index is 3790. The molecule has 2 aromatic heterocycles. The van der Waals surface area contributed by atoms with Crippen LogP contribution in [0.2, 0.25) is 0 Å². The number of rotatable bonds is 7. The minimum atomic E-state index is -0.110. The van der Waals surface area contributed by atoms with Gasteiger partial charge in [0.2, 0.25) is 0 Å². The molecule has 13 rings (SSSR count). The second kappa shape index (κ2) is 14.8. The number of aromatic nitrogens is 1. The molecule has 312 valence electrons. The Morgan fingerprint density at radius 2 is 0.939 bits per heavy atom. The van der Waals surface area contributed by atoms with Gasteiger partial charge >= 0.3 is 0 Å². The van der Waals surface area contributed by atoms with Gasteiger partial charge in [-0.15, -0.1) is 0 Å². The van der Waals surface area contributed by atoms with Gasteiger partial charge in [-0.1, -0.05) is 184 Å². The number of furan rings is 1. The van der Waals surface area contributed by atoms with Crippen LogP contribution in [0, 0.1) is 0 Å². The topological polar surface area (TPSA) is 21.3 Å². The summed E-state index contributed by atoms with van der Waals surface area (Å²) in [4.78, 5) is 2.34. The Labute approximate surface area is 384 Å². The molecule has 66 heavy (non-hydrogen) atoms. The summed E-state index contributed by atoms with van der Waals surface area (Å²) in [6, 6.07) is 83.7. The van der Waals surface area contributed by atoms with E-state index in [4.69, 9.17) is 4.42 Å². The molecular formula is C63H44N2O. The largest absolute Gasteiger partial charge is 0.454 e.